The van der Waals surface area contributed by atoms with Gasteiger partial charge in [-0.15, -0.1) is 0 Å². The van der Waals surface area contributed by atoms with E-state index in [0.717, 1.165) is 31.4 Å². The number of amidine groups is 1. The minimum absolute atomic E-state index is 0.0631. The Balaban J connectivity index is 1.44. The Morgan fingerprint density at radius 1 is 1.00 bits per heavy atom. The minimum Gasteiger partial charge on any atom is -0.352 e. The van der Waals surface area contributed by atoms with Gasteiger partial charge in [0.15, 0.2) is 0 Å². The zero-order valence-corrected chi connectivity index (χ0v) is 19.3. The topological polar surface area (TPSA) is 117 Å². The largest absolute Gasteiger partial charge is 0.352 e. The van der Waals surface area contributed by atoms with Crippen molar-refractivity contribution >= 4 is 33.4 Å². The summed E-state index contributed by atoms with van der Waals surface area (Å²) in [5, 5.41) is 5.13. The number of carbonyl (C=O) groups is 2. The summed E-state index contributed by atoms with van der Waals surface area (Å²) in [5.41, 5.74) is 0.148. The van der Waals surface area contributed by atoms with Gasteiger partial charge in [-0.05, 0) is 55.7 Å². The van der Waals surface area contributed by atoms with Gasteiger partial charge < -0.3 is 10.6 Å². The molecule has 11 heteroatoms. The molecule has 2 aromatic rings. The van der Waals surface area contributed by atoms with Crippen LogP contribution in [0.5, 0.6) is 0 Å². The molecule has 0 atom stereocenters. The van der Waals surface area contributed by atoms with Crippen LogP contribution in [0, 0.1) is 11.6 Å². The molecule has 2 amide bonds. The summed E-state index contributed by atoms with van der Waals surface area (Å²) in [6.45, 7) is 0.728. The molecule has 34 heavy (non-hydrogen) atoms. The van der Waals surface area contributed by atoms with Gasteiger partial charge in [-0.25, -0.2) is 17.2 Å². The van der Waals surface area contributed by atoms with Gasteiger partial charge in [0.05, 0.1) is 10.5 Å². The van der Waals surface area contributed by atoms with E-state index in [1.807, 2.05) is 0 Å². The van der Waals surface area contributed by atoms with Crippen LogP contribution in [0.15, 0.2) is 52.4 Å². The number of halogens is 2. The van der Waals surface area contributed by atoms with Gasteiger partial charge in [0.25, 0.3) is 15.9 Å². The lowest BCUT2D eigenvalue weighted by Crippen LogP contribution is -2.30. The first-order valence-electron chi connectivity index (χ1n) is 10.9. The van der Waals surface area contributed by atoms with Crippen molar-refractivity contribution in [2.45, 2.75) is 43.4 Å². The van der Waals surface area contributed by atoms with E-state index in [1.54, 1.807) is 0 Å². The summed E-state index contributed by atoms with van der Waals surface area (Å²) in [4.78, 5) is 28.4. The SMILES string of the molecule is O=C(CCCNC(=O)c1ccc(F)cc1F)Nc1ccc(S(=O)(=O)NC2=NCCCCC2)cc1. The van der Waals surface area contributed by atoms with E-state index in [2.05, 4.69) is 20.3 Å². The van der Waals surface area contributed by atoms with Crippen molar-refractivity contribution in [3.63, 3.8) is 0 Å². The van der Waals surface area contributed by atoms with Crippen molar-refractivity contribution in [3.05, 3.63) is 59.7 Å². The van der Waals surface area contributed by atoms with E-state index in [-0.39, 0.29) is 29.3 Å². The molecule has 1 aliphatic rings. The first-order valence-corrected chi connectivity index (χ1v) is 12.4. The molecule has 0 radical (unpaired) electrons. The molecular formula is C23H26F2N4O4S. The van der Waals surface area contributed by atoms with Gasteiger partial charge in [0, 0.05) is 37.7 Å². The van der Waals surface area contributed by atoms with Crippen LogP contribution in [-0.2, 0) is 14.8 Å². The Morgan fingerprint density at radius 3 is 2.50 bits per heavy atom. The number of rotatable bonds is 8. The Morgan fingerprint density at radius 2 is 1.76 bits per heavy atom. The van der Waals surface area contributed by atoms with Gasteiger partial charge in [0.1, 0.15) is 17.5 Å². The molecule has 0 aliphatic carbocycles. The number of hydrogen-bond donors (Lipinski definition) is 3. The summed E-state index contributed by atoms with van der Waals surface area (Å²) in [6.07, 6.45) is 3.80. The maximum atomic E-state index is 13.6. The molecule has 3 N–H and O–H groups in total. The maximum Gasteiger partial charge on any atom is 0.262 e. The van der Waals surface area contributed by atoms with Gasteiger partial charge in [-0.1, -0.05) is 6.42 Å². The number of hydrogen-bond acceptors (Lipinski definition) is 5. The van der Waals surface area contributed by atoms with E-state index >= 15 is 0 Å². The molecule has 3 rings (SSSR count). The fraction of sp³-hybridized carbons (Fsp3) is 0.348. The molecule has 182 valence electrons. The molecule has 8 nitrogen and oxygen atoms in total. The van der Waals surface area contributed by atoms with E-state index < -0.39 is 27.6 Å². The van der Waals surface area contributed by atoms with Crippen molar-refractivity contribution in [2.24, 2.45) is 4.99 Å². The van der Waals surface area contributed by atoms with Gasteiger partial charge in [0.2, 0.25) is 5.91 Å². The molecule has 2 aromatic carbocycles. The number of anilines is 1. The number of nitrogens with one attached hydrogen (secondary N) is 3. The van der Waals surface area contributed by atoms with Crippen molar-refractivity contribution in [1.82, 2.24) is 10.0 Å². The van der Waals surface area contributed by atoms with Crippen molar-refractivity contribution in [1.29, 1.82) is 0 Å². The number of benzene rings is 2. The first kappa shape index (κ1) is 25.3. The molecule has 0 saturated carbocycles. The predicted molar refractivity (Wildman–Crippen MR) is 124 cm³/mol. The van der Waals surface area contributed by atoms with Gasteiger partial charge in [-0.2, -0.15) is 0 Å². The van der Waals surface area contributed by atoms with Crippen LogP contribution in [0.1, 0.15) is 48.9 Å². The third kappa shape index (κ3) is 7.34. The highest BCUT2D eigenvalue weighted by Crippen LogP contribution is 2.16. The molecular weight excluding hydrogens is 466 g/mol. The standard InChI is InChI=1S/C23H26F2N4O4S/c24-16-7-12-19(20(25)15-16)23(31)27-14-4-6-22(30)28-17-8-10-18(11-9-17)34(32,33)29-21-5-2-1-3-13-26-21/h7-12,15H,1-6,13-14H2,(H,26,29)(H,27,31)(H,28,30). The van der Waals surface area contributed by atoms with Crippen LogP contribution in [-0.4, -0.2) is 39.2 Å². The van der Waals surface area contributed by atoms with Crippen LogP contribution in [0.2, 0.25) is 0 Å². The highest BCUT2D eigenvalue weighted by Gasteiger charge is 2.17. The molecule has 0 aromatic heterocycles. The molecule has 1 aliphatic heterocycles. The van der Waals surface area contributed by atoms with Crippen LogP contribution in [0.3, 0.4) is 0 Å². The van der Waals surface area contributed by atoms with E-state index in [1.165, 1.54) is 24.3 Å². The zero-order valence-electron chi connectivity index (χ0n) is 18.4. The Bertz CT molecular complexity index is 1170. The summed E-state index contributed by atoms with van der Waals surface area (Å²) in [5.74, 6) is -2.30. The lowest BCUT2D eigenvalue weighted by molar-refractivity contribution is -0.116. The average Bonchev–Trinajstić information content (AvgIpc) is 3.05. The van der Waals surface area contributed by atoms with E-state index in [0.29, 0.717) is 37.0 Å². The van der Waals surface area contributed by atoms with Gasteiger partial charge >= 0.3 is 0 Å². The quantitative estimate of drug-likeness (QED) is 0.490. The second-order valence-corrected chi connectivity index (χ2v) is 9.48. The van der Waals surface area contributed by atoms with Crippen LogP contribution in [0.25, 0.3) is 0 Å². The molecule has 0 unspecified atom stereocenters. The first-order chi connectivity index (χ1) is 16.2. The Kier molecular flexibility index (Phi) is 8.69. The fourth-order valence-electron chi connectivity index (χ4n) is 3.33. The normalized spacial score (nSPS) is 14.0. The van der Waals surface area contributed by atoms with Crippen LogP contribution in [0.4, 0.5) is 14.5 Å². The number of amides is 2. The van der Waals surface area contributed by atoms with Crippen LogP contribution < -0.4 is 15.4 Å². The molecule has 0 bridgehead atoms. The highest BCUT2D eigenvalue weighted by atomic mass is 32.2. The average molecular weight is 493 g/mol. The van der Waals surface area contributed by atoms with Gasteiger partial charge in [-0.3, -0.25) is 19.3 Å². The fourth-order valence-corrected chi connectivity index (χ4v) is 4.42. The van der Waals surface area contributed by atoms with Crippen molar-refractivity contribution in [3.8, 4) is 0 Å². The second kappa shape index (κ2) is 11.7. The minimum atomic E-state index is -3.76. The third-order valence-electron chi connectivity index (χ3n) is 5.12. The van der Waals surface area contributed by atoms with E-state index in [4.69, 9.17) is 0 Å². The monoisotopic (exact) mass is 492 g/mol. The smallest absolute Gasteiger partial charge is 0.262 e. The van der Waals surface area contributed by atoms with Crippen LogP contribution >= 0.6 is 0 Å². The van der Waals surface area contributed by atoms with E-state index in [9.17, 15) is 26.8 Å². The predicted octanol–water partition coefficient (Wildman–Crippen LogP) is 3.36. The summed E-state index contributed by atoms with van der Waals surface area (Å²) in [6, 6.07) is 8.43. The van der Waals surface area contributed by atoms with Crippen molar-refractivity contribution < 1.29 is 26.8 Å². The molecule has 0 fully saturated rings. The number of sulfonamides is 1. The summed E-state index contributed by atoms with van der Waals surface area (Å²) in [7, 11) is -3.76. The number of carbonyl (C=O) groups excluding carboxylic acids is 2. The molecule has 1 heterocycles. The van der Waals surface area contributed by atoms with Crippen molar-refractivity contribution in [2.75, 3.05) is 18.4 Å². The summed E-state index contributed by atoms with van der Waals surface area (Å²) < 4.78 is 54.2. The molecule has 0 spiro atoms. The second-order valence-electron chi connectivity index (χ2n) is 7.80. The lowest BCUT2D eigenvalue weighted by atomic mass is 10.2. The Hall–Kier alpha value is -3.34. The lowest BCUT2D eigenvalue weighted by Gasteiger charge is -2.11. The summed E-state index contributed by atoms with van der Waals surface area (Å²) >= 11 is 0. The zero-order chi connectivity index (χ0) is 24.6. The molecule has 0 saturated heterocycles. The number of nitrogens with zero attached hydrogens (tertiary/aromatic N) is 1. The highest BCUT2D eigenvalue weighted by molar-refractivity contribution is 7.90. The number of aliphatic imine (C=N–C) groups is 1. The third-order valence-corrected chi connectivity index (χ3v) is 6.51. The Labute approximate surface area is 196 Å². The maximum absolute atomic E-state index is 13.6.